The Morgan fingerprint density at radius 1 is 1.56 bits per heavy atom. The van der Waals surface area contributed by atoms with Crippen molar-refractivity contribution in [1.82, 2.24) is 9.80 Å². The van der Waals surface area contributed by atoms with E-state index in [0.717, 1.165) is 25.9 Å². The summed E-state index contributed by atoms with van der Waals surface area (Å²) in [7, 11) is 2.11. The largest absolute Gasteiger partial charge is 0.369 e. The lowest BCUT2D eigenvalue weighted by atomic mass is 10.0. The van der Waals surface area contributed by atoms with Gasteiger partial charge in [-0.2, -0.15) is 0 Å². The highest BCUT2D eigenvalue weighted by atomic mass is 16.5. The molecular weight excluding hydrogens is 206 g/mol. The zero-order valence-corrected chi connectivity index (χ0v) is 9.89. The third-order valence-corrected chi connectivity index (χ3v) is 3.48. The van der Waals surface area contributed by atoms with Crippen molar-refractivity contribution in [3.63, 3.8) is 0 Å². The molecule has 2 saturated heterocycles. The number of likely N-dealkylation sites (tertiary alicyclic amines) is 1. The van der Waals surface area contributed by atoms with E-state index in [4.69, 9.17) is 10.5 Å². The van der Waals surface area contributed by atoms with E-state index in [1.54, 1.807) is 0 Å². The first-order chi connectivity index (χ1) is 7.72. The Bertz CT molecular complexity index is 260. The van der Waals surface area contributed by atoms with Gasteiger partial charge in [-0.05, 0) is 26.4 Å². The maximum absolute atomic E-state index is 11.9. The van der Waals surface area contributed by atoms with Crippen molar-refractivity contribution in [1.29, 1.82) is 0 Å². The van der Waals surface area contributed by atoms with E-state index in [9.17, 15) is 4.79 Å². The fourth-order valence-electron chi connectivity index (χ4n) is 2.69. The van der Waals surface area contributed by atoms with Crippen LogP contribution in [0.2, 0.25) is 0 Å². The van der Waals surface area contributed by atoms with Crippen LogP contribution < -0.4 is 5.73 Å². The van der Waals surface area contributed by atoms with Gasteiger partial charge in [0.15, 0.2) is 0 Å². The molecule has 2 fully saturated rings. The number of morpholine rings is 1. The minimum absolute atomic E-state index is 0.0674. The number of nitrogens with two attached hydrogens (primary N) is 1. The highest BCUT2D eigenvalue weighted by molar-refractivity contribution is 5.78. The molecule has 0 aliphatic carbocycles. The average Bonchev–Trinajstić information content (AvgIpc) is 2.28. The Balaban J connectivity index is 2.05. The van der Waals surface area contributed by atoms with E-state index >= 15 is 0 Å². The van der Waals surface area contributed by atoms with Crippen LogP contribution in [0.25, 0.3) is 0 Å². The second-order valence-corrected chi connectivity index (χ2v) is 4.76. The molecule has 16 heavy (non-hydrogen) atoms. The monoisotopic (exact) mass is 227 g/mol. The molecular formula is C11H21N3O2. The van der Waals surface area contributed by atoms with Gasteiger partial charge in [0.25, 0.3) is 0 Å². The molecule has 0 aromatic carbocycles. The first-order valence-corrected chi connectivity index (χ1v) is 6.00. The summed E-state index contributed by atoms with van der Waals surface area (Å²) in [5.74, 6) is 0.0991. The Morgan fingerprint density at radius 3 is 3.06 bits per heavy atom. The minimum Gasteiger partial charge on any atom is -0.369 e. The second-order valence-electron chi connectivity index (χ2n) is 4.76. The van der Waals surface area contributed by atoms with Crippen molar-refractivity contribution in [2.24, 2.45) is 5.73 Å². The summed E-state index contributed by atoms with van der Waals surface area (Å²) < 4.78 is 5.25. The van der Waals surface area contributed by atoms with E-state index in [-0.39, 0.29) is 18.6 Å². The molecule has 0 aromatic rings. The van der Waals surface area contributed by atoms with E-state index in [2.05, 4.69) is 11.9 Å². The van der Waals surface area contributed by atoms with E-state index in [1.165, 1.54) is 0 Å². The lowest BCUT2D eigenvalue weighted by Crippen LogP contribution is -2.60. The zero-order valence-electron chi connectivity index (χ0n) is 9.89. The molecule has 2 atom stereocenters. The maximum Gasteiger partial charge on any atom is 0.249 e. The quantitative estimate of drug-likeness (QED) is 0.675. The van der Waals surface area contributed by atoms with Crippen LogP contribution in [0.1, 0.15) is 12.8 Å². The van der Waals surface area contributed by atoms with Crippen LogP contribution in [0.4, 0.5) is 0 Å². The topological polar surface area (TPSA) is 58.8 Å². The lowest BCUT2D eigenvalue weighted by Gasteiger charge is -2.44. The summed E-state index contributed by atoms with van der Waals surface area (Å²) in [6.07, 6.45) is 2.25. The third-order valence-electron chi connectivity index (χ3n) is 3.48. The molecule has 1 amide bonds. The Labute approximate surface area is 96.5 Å². The van der Waals surface area contributed by atoms with Crippen LogP contribution in [0, 0.1) is 0 Å². The normalized spacial score (nSPS) is 33.1. The predicted molar refractivity (Wildman–Crippen MR) is 61.0 cm³/mol. The van der Waals surface area contributed by atoms with Gasteiger partial charge in [0, 0.05) is 19.1 Å². The van der Waals surface area contributed by atoms with Crippen molar-refractivity contribution in [2.75, 3.05) is 39.9 Å². The summed E-state index contributed by atoms with van der Waals surface area (Å²) in [4.78, 5) is 16.1. The Kier molecular flexibility index (Phi) is 3.78. The van der Waals surface area contributed by atoms with E-state index in [1.807, 2.05) is 4.90 Å². The standard InChI is InChI=1S/C11H21N3O2/c1-13-4-2-3-9(6-13)14-10(5-12)7-16-8-11(14)15/h9-10H,2-8,12H2,1H3. The van der Waals surface area contributed by atoms with Crippen LogP contribution >= 0.6 is 0 Å². The lowest BCUT2D eigenvalue weighted by molar-refractivity contribution is -0.152. The van der Waals surface area contributed by atoms with Crippen LogP contribution in [0.3, 0.4) is 0 Å². The Morgan fingerprint density at radius 2 is 2.38 bits per heavy atom. The first kappa shape index (κ1) is 11.8. The van der Waals surface area contributed by atoms with Gasteiger partial charge in [-0.3, -0.25) is 4.79 Å². The van der Waals surface area contributed by atoms with Gasteiger partial charge in [-0.15, -0.1) is 0 Å². The Hall–Kier alpha value is -0.650. The molecule has 2 unspecified atom stereocenters. The molecule has 0 spiro atoms. The summed E-state index contributed by atoms with van der Waals surface area (Å²) in [5.41, 5.74) is 5.71. The van der Waals surface area contributed by atoms with Crippen LogP contribution in [-0.4, -0.2) is 67.7 Å². The van der Waals surface area contributed by atoms with Crippen molar-refractivity contribution < 1.29 is 9.53 Å². The van der Waals surface area contributed by atoms with Gasteiger partial charge in [-0.25, -0.2) is 0 Å². The average molecular weight is 227 g/mol. The fourth-order valence-corrected chi connectivity index (χ4v) is 2.69. The smallest absolute Gasteiger partial charge is 0.249 e. The molecule has 2 heterocycles. The molecule has 0 saturated carbocycles. The van der Waals surface area contributed by atoms with Crippen LogP contribution in [0.5, 0.6) is 0 Å². The number of hydrogen-bond acceptors (Lipinski definition) is 4. The molecule has 2 rings (SSSR count). The summed E-state index contributed by atoms with van der Waals surface area (Å²) in [6.45, 7) is 3.38. The van der Waals surface area contributed by atoms with Gasteiger partial charge in [-0.1, -0.05) is 0 Å². The van der Waals surface area contributed by atoms with Crippen LogP contribution in [-0.2, 0) is 9.53 Å². The van der Waals surface area contributed by atoms with Gasteiger partial charge in [0.1, 0.15) is 6.61 Å². The van der Waals surface area contributed by atoms with Crippen molar-refractivity contribution >= 4 is 5.91 Å². The van der Waals surface area contributed by atoms with Gasteiger partial charge in [0.05, 0.1) is 12.6 Å². The molecule has 5 heteroatoms. The summed E-state index contributed by atoms with van der Waals surface area (Å²) in [6, 6.07) is 0.390. The number of piperidine rings is 1. The molecule has 5 nitrogen and oxygen atoms in total. The SMILES string of the molecule is CN1CCCC(N2C(=O)COCC2CN)C1. The zero-order chi connectivity index (χ0) is 11.5. The number of ether oxygens (including phenoxy) is 1. The van der Waals surface area contributed by atoms with Crippen molar-refractivity contribution in [3.05, 3.63) is 0 Å². The van der Waals surface area contributed by atoms with Gasteiger partial charge in [0.2, 0.25) is 5.91 Å². The number of rotatable bonds is 2. The number of carbonyl (C=O) groups is 1. The number of amides is 1. The van der Waals surface area contributed by atoms with E-state index < -0.39 is 0 Å². The number of carbonyl (C=O) groups excluding carboxylic acids is 1. The second kappa shape index (κ2) is 5.12. The number of likely N-dealkylation sites (N-methyl/N-ethyl adjacent to an activating group) is 1. The third kappa shape index (κ3) is 2.36. The molecule has 2 aliphatic heterocycles. The molecule has 92 valence electrons. The van der Waals surface area contributed by atoms with Gasteiger partial charge >= 0.3 is 0 Å². The van der Waals surface area contributed by atoms with Crippen molar-refractivity contribution in [3.8, 4) is 0 Å². The summed E-state index contributed by atoms with van der Waals surface area (Å²) in [5, 5.41) is 0. The number of nitrogens with zero attached hydrogens (tertiary/aromatic N) is 2. The fraction of sp³-hybridized carbons (Fsp3) is 0.909. The number of hydrogen-bond donors (Lipinski definition) is 1. The predicted octanol–water partition coefficient (Wildman–Crippen LogP) is -0.733. The summed E-state index contributed by atoms with van der Waals surface area (Å²) >= 11 is 0. The van der Waals surface area contributed by atoms with E-state index in [0.29, 0.717) is 19.2 Å². The maximum atomic E-state index is 11.9. The highest BCUT2D eigenvalue weighted by Crippen LogP contribution is 2.19. The molecule has 2 N–H and O–H groups in total. The molecule has 0 bridgehead atoms. The van der Waals surface area contributed by atoms with Crippen LogP contribution in [0.15, 0.2) is 0 Å². The minimum atomic E-state index is 0.0674. The molecule has 0 radical (unpaired) electrons. The van der Waals surface area contributed by atoms with Gasteiger partial charge < -0.3 is 20.3 Å². The first-order valence-electron chi connectivity index (χ1n) is 6.00. The van der Waals surface area contributed by atoms with Crippen molar-refractivity contribution in [2.45, 2.75) is 24.9 Å². The molecule has 0 aromatic heterocycles. The highest BCUT2D eigenvalue weighted by Gasteiger charge is 2.34. The molecule has 2 aliphatic rings.